The Hall–Kier alpha value is -2.06. The van der Waals surface area contributed by atoms with E-state index in [-0.39, 0.29) is 6.04 Å². The summed E-state index contributed by atoms with van der Waals surface area (Å²) >= 11 is 3.44. The van der Waals surface area contributed by atoms with Gasteiger partial charge in [-0.1, -0.05) is 42.4 Å². The number of rotatable bonds is 6. The van der Waals surface area contributed by atoms with Crippen molar-refractivity contribution in [3.05, 3.63) is 64.3 Å². The third kappa shape index (κ3) is 7.36. The summed E-state index contributed by atoms with van der Waals surface area (Å²) in [6.07, 6.45) is -1.15. The van der Waals surface area contributed by atoms with E-state index in [4.69, 9.17) is 4.74 Å². The van der Waals surface area contributed by atoms with Gasteiger partial charge in [-0.25, -0.2) is 5.43 Å². The number of ether oxygens (including phenoxy) is 1. The van der Waals surface area contributed by atoms with Gasteiger partial charge >= 0.3 is 6.18 Å². The summed E-state index contributed by atoms with van der Waals surface area (Å²) in [5.74, 6) is 0.727. The van der Waals surface area contributed by atoms with Gasteiger partial charge in [0, 0.05) is 4.47 Å². The van der Waals surface area contributed by atoms with Gasteiger partial charge in [0.2, 0.25) is 0 Å². The third-order valence-corrected chi connectivity index (χ3v) is 4.84. The third-order valence-electron chi connectivity index (χ3n) is 3.95. The molecule has 0 spiro atoms. The van der Waals surface area contributed by atoms with E-state index in [1.807, 2.05) is 45.9 Å². The number of allylic oxidation sites excluding steroid dienone is 4. The van der Waals surface area contributed by atoms with E-state index in [1.54, 1.807) is 0 Å². The number of aryl methyl sites for hydroxylation is 1. The molecular weight excluding hydrogens is 447 g/mol. The molecular formula is C21H27BrF3N3O. The van der Waals surface area contributed by atoms with Crippen molar-refractivity contribution in [1.82, 2.24) is 10.5 Å². The molecule has 0 saturated heterocycles. The number of halogens is 4. The zero-order valence-electron chi connectivity index (χ0n) is 17.3. The first-order chi connectivity index (χ1) is 13.6. The van der Waals surface area contributed by atoms with Gasteiger partial charge in [-0.3, -0.25) is 0 Å². The summed E-state index contributed by atoms with van der Waals surface area (Å²) in [5.41, 5.74) is 4.42. The molecule has 1 aliphatic heterocycles. The normalized spacial score (nSPS) is 17.1. The van der Waals surface area contributed by atoms with Crippen LogP contribution in [0.3, 0.4) is 0 Å². The fourth-order valence-corrected chi connectivity index (χ4v) is 2.55. The van der Waals surface area contributed by atoms with Crippen LogP contribution in [0.15, 0.2) is 63.9 Å². The second-order valence-electron chi connectivity index (χ2n) is 6.02. The minimum Gasteiger partial charge on any atom is -0.491 e. The number of alkyl halides is 3. The number of nitrogens with zero attached hydrogens (tertiary/aromatic N) is 2. The molecule has 4 nitrogen and oxygen atoms in total. The highest BCUT2D eigenvalue weighted by Crippen LogP contribution is 2.27. The maximum Gasteiger partial charge on any atom is 0.416 e. The van der Waals surface area contributed by atoms with Crippen LogP contribution in [-0.4, -0.2) is 29.7 Å². The first-order valence-corrected chi connectivity index (χ1v) is 10.0. The van der Waals surface area contributed by atoms with E-state index < -0.39 is 11.7 Å². The Labute approximate surface area is 178 Å². The molecule has 0 radical (unpaired) electrons. The average Bonchev–Trinajstić information content (AvgIpc) is 3.04. The Morgan fingerprint density at radius 1 is 1.31 bits per heavy atom. The number of benzene rings is 1. The first-order valence-electron chi connectivity index (χ1n) is 9.22. The zero-order valence-corrected chi connectivity index (χ0v) is 18.9. The highest BCUT2D eigenvalue weighted by Gasteiger charge is 2.31. The van der Waals surface area contributed by atoms with Gasteiger partial charge in [0.05, 0.1) is 17.0 Å². The fraction of sp³-hybridized carbons (Fsp3) is 0.381. The molecule has 0 amide bonds. The van der Waals surface area contributed by atoms with Gasteiger partial charge in [0.15, 0.2) is 0 Å². The average molecular weight is 474 g/mol. The molecule has 0 bridgehead atoms. The molecule has 0 saturated carbocycles. The second-order valence-corrected chi connectivity index (χ2v) is 6.88. The number of hydrogen-bond acceptors (Lipinski definition) is 4. The molecule has 29 heavy (non-hydrogen) atoms. The van der Waals surface area contributed by atoms with Crippen molar-refractivity contribution in [1.29, 1.82) is 0 Å². The lowest BCUT2D eigenvalue weighted by Crippen LogP contribution is -2.40. The van der Waals surface area contributed by atoms with Gasteiger partial charge in [-0.2, -0.15) is 23.4 Å². The Morgan fingerprint density at radius 2 is 1.97 bits per heavy atom. The van der Waals surface area contributed by atoms with Crippen LogP contribution in [0.2, 0.25) is 0 Å². The van der Waals surface area contributed by atoms with Crippen molar-refractivity contribution in [2.45, 2.75) is 46.8 Å². The molecule has 1 aromatic carbocycles. The van der Waals surface area contributed by atoms with Crippen molar-refractivity contribution in [3.63, 3.8) is 0 Å². The zero-order chi connectivity index (χ0) is 22.2. The van der Waals surface area contributed by atoms with E-state index in [2.05, 4.69) is 33.0 Å². The Balaban J connectivity index is 0.00000204. The Morgan fingerprint density at radius 3 is 2.52 bits per heavy atom. The molecule has 8 heteroatoms. The SMILES string of the molecule is C=C(/C=C\C(=C/C)C(F)(F)F)N1N=C(C)C(COc2ccc(Br)c(C)c2)N1.CC. The van der Waals surface area contributed by atoms with E-state index in [9.17, 15) is 13.2 Å². The molecule has 1 N–H and O–H groups in total. The van der Waals surface area contributed by atoms with Crippen LogP contribution in [0.25, 0.3) is 0 Å². The van der Waals surface area contributed by atoms with Gasteiger partial charge < -0.3 is 4.74 Å². The van der Waals surface area contributed by atoms with Crippen LogP contribution in [0, 0.1) is 6.92 Å². The van der Waals surface area contributed by atoms with Crippen molar-refractivity contribution < 1.29 is 17.9 Å². The van der Waals surface area contributed by atoms with Crippen molar-refractivity contribution >= 4 is 21.6 Å². The maximum atomic E-state index is 12.8. The molecule has 1 atom stereocenters. The van der Waals surface area contributed by atoms with Gasteiger partial charge in [0.25, 0.3) is 0 Å². The summed E-state index contributed by atoms with van der Waals surface area (Å²) in [7, 11) is 0. The topological polar surface area (TPSA) is 36.9 Å². The molecule has 0 fully saturated rings. The summed E-state index contributed by atoms with van der Waals surface area (Å²) in [5, 5.41) is 5.64. The highest BCUT2D eigenvalue weighted by atomic mass is 79.9. The number of nitrogens with one attached hydrogen (secondary N) is 1. The van der Waals surface area contributed by atoms with Crippen LogP contribution in [0.5, 0.6) is 5.75 Å². The molecule has 2 rings (SSSR count). The van der Waals surface area contributed by atoms with E-state index >= 15 is 0 Å². The minimum atomic E-state index is -4.40. The summed E-state index contributed by atoms with van der Waals surface area (Å²) < 4.78 is 45.1. The summed E-state index contributed by atoms with van der Waals surface area (Å²) in [4.78, 5) is 0. The largest absolute Gasteiger partial charge is 0.491 e. The standard InChI is InChI=1S/C19H21BrF3N3O.C2H6/c1-5-15(19(21,22)23)7-6-13(3)26-24-14(4)18(25-26)11-27-16-8-9-17(20)12(2)10-16;1-2/h5-10,18,25H,3,11H2,1-2,4H3;1-2H3/b7-6-,15-5+;. The smallest absolute Gasteiger partial charge is 0.416 e. The molecule has 0 aromatic heterocycles. The van der Waals surface area contributed by atoms with Gasteiger partial charge in [0.1, 0.15) is 18.4 Å². The van der Waals surface area contributed by atoms with Crippen molar-refractivity contribution in [3.8, 4) is 5.75 Å². The van der Waals surface area contributed by atoms with Gasteiger partial charge in [-0.05, 0) is 56.7 Å². The minimum absolute atomic E-state index is 0.206. The van der Waals surface area contributed by atoms with Crippen molar-refractivity contribution in [2.24, 2.45) is 5.10 Å². The Bertz CT molecular complexity index is 801. The second kappa shape index (κ2) is 11.2. The van der Waals surface area contributed by atoms with Crippen LogP contribution in [0.1, 0.15) is 33.3 Å². The number of hydrazone groups is 1. The van der Waals surface area contributed by atoms with E-state index in [0.717, 1.165) is 33.6 Å². The predicted octanol–water partition coefficient (Wildman–Crippen LogP) is 6.31. The van der Waals surface area contributed by atoms with Crippen LogP contribution in [0.4, 0.5) is 13.2 Å². The highest BCUT2D eigenvalue weighted by molar-refractivity contribution is 9.10. The van der Waals surface area contributed by atoms with Crippen LogP contribution in [-0.2, 0) is 0 Å². The maximum absolute atomic E-state index is 12.8. The summed E-state index contributed by atoms with van der Waals surface area (Å²) in [6.45, 7) is 13.2. The first kappa shape index (κ1) is 25.0. The molecule has 1 unspecified atom stereocenters. The Kier molecular flexibility index (Phi) is 9.65. The van der Waals surface area contributed by atoms with Crippen molar-refractivity contribution in [2.75, 3.05) is 6.61 Å². The molecule has 1 heterocycles. The number of hydrogen-bond donors (Lipinski definition) is 1. The number of hydrazine groups is 1. The lowest BCUT2D eigenvalue weighted by molar-refractivity contribution is -0.0883. The van der Waals surface area contributed by atoms with Crippen LogP contribution >= 0.6 is 15.9 Å². The van der Waals surface area contributed by atoms with Crippen LogP contribution < -0.4 is 10.2 Å². The summed E-state index contributed by atoms with van der Waals surface area (Å²) in [6, 6.07) is 5.48. The van der Waals surface area contributed by atoms with E-state index in [0.29, 0.717) is 12.3 Å². The fourth-order valence-electron chi connectivity index (χ4n) is 2.30. The quantitative estimate of drug-likeness (QED) is 0.492. The van der Waals surface area contributed by atoms with Gasteiger partial charge in [-0.15, -0.1) is 0 Å². The lowest BCUT2D eigenvalue weighted by atomic mass is 10.2. The molecule has 0 aliphatic carbocycles. The molecule has 160 valence electrons. The lowest BCUT2D eigenvalue weighted by Gasteiger charge is -2.18. The van der Waals surface area contributed by atoms with E-state index in [1.165, 1.54) is 18.1 Å². The monoisotopic (exact) mass is 473 g/mol. The molecule has 1 aliphatic rings. The molecule has 1 aromatic rings. The predicted molar refractivity (Wildman–Crippen MR) is 116 cm³/mol.